The van der Waals surface area contributed by atoms with E-state index in [1.165, 1.54) is 5.56 Å². The van der Waals surface area contributed by atoms with E-state index in [4.69, 9.17) is 4.74 Å². The molecule has 0 radical (unpaired) electrons. The maximum absolute atomic E-state index is 12.8. The number of likely N-dealkylation sites (tertiary alicyclic amines) is 2. The first-order valence-corrected chi connectivity index (χ1v) is 11.9. The number of nitrogens with one attached hydrogen (secondary N) is 1. The van der Waals surface area contributed by atoms with Gasteiger partial charge in [0.05, 0.1) is 6.61 Å². The Morgan fingerprint density at radius 2 is 1.72 bits per heavy atom. The largest absolute Gasteiger partial charge is 0.493 e. The van der Waals surface area contributed by atoms with E-state index in [0.717, 1.165) is 70.8 Å². The number of benzene rings is 1. The lowest BCUT2D eigenvalue weighted by Gasteiger charge is -2.47. The van der Waals surface area contributed by atoms with Crippen LogP contribution in [0.4, 0.5) is 0 Å². The van der Waals surface area contributed by atoms with Crippen LogP contribution >= 0.6 is 0 Å². The number of pyridine rings is 1. The number of para-hydroxylation sites is 1. The third kappa shape index (κ3) is 5.23. The first-order valence-electron chi connectivity index (χ1n) is 11.9. The van der Waals surface area contributed by atoms with Gasteiger partial charge in [0.25, 0.3) is 11.5 Å². The molecule has 0 unspecified atom stereocenters. The summed E-state index contributed by atoms with van der Waals surface area (Å²) < 4.78 is 6.04. The summed E-state index contributed by atoms with van der Waals surface area (Å²) in [6.07, 6.45) is 5.93. The standard InChI is InChI=1S/C26H35N3O3/c1-20(2)19-32-23-8-4-3-6-21(23)18-28-14-9-26(10-15-28)11-16-29(17-12-26)25(31)22-7-5-13-27-24(22)30/h3-8,13,20H,9-12,14-19H2,1-2H3,(H,27,30). The maximum atomic E-state index is 12.8. The average Bonchev–Trinajstić information content (AvgIpc) is 2.80. The Balaban J connectivity index is 1.30. The van der Waals surface area contributed by atoms with E-state index in [9.17, 15) is 9.59 Å². The summed E-state index contributed by atoms with van der Waals surface area (Å²) in [5.74, 6) is 1.37. The summed E-state index contributed by atoms with van der Waals surface area (Å²) in [4.78, 5) is 31.7. The molecule has 32 heavy (non-hydrogen) atoms. The number of ether oxygens (including phenoxy) is 1. The molecule has 1 aromatic carbocycles. The van der Waals surface area contributed by atoms with Gasteiger partial charge in [-0.15, -0.1) is 0 Å². The van der Waals surface area contributed by atoms with Gasteiger partial charge in [0.15, 0.2) is 0 Å². The van der Waals surface area contributed by atoms with Crippen molar-refractivity contribution in [3.05, 3.63) is 64.1 Å². The second kappa shape index (κ2) is 9.90. The first kappa shape index (κ1) is 22.6. The highest BCUT2D eigenvalue weighted by Gasteiger charge is 2.39. The van der Waals surface area contributed by atoms with Gasteiger partial charge in [-0.3, -0.25) is 14.5 Å². The van der Waals surface area contributed by atoms with E-state index in [2.05, 4.69) is 41.9 Å². The van der Waals surface area contributed by atoms with Crippen molar-refractivity contribution in [3.63, 3.8) is 0 Å². The monoisotopic (exact) mass is 437 g/mol. The molecule has 0 atom stereocenters. The molecule has 0 aliphatic carbocycles. The van der Waals surface area contributed by atoms with Crippen LogP contribution in [0, 0.1) is 11.3 Å². The number of aromatic nitrogens is 1. The number of hydrogen-bond donors (Lipinski definition) is 1. The minimum absolute atomic E-state index is 0.142. The topological polar surface area (TPSA) is 65.6 Å². The van der Waals surface area contributed by atoms with Crippen molar-refractivity contribution in [2.75, 3.05) is 32.8 Å². The molecule has 2 saturated heterocycles. The molecule has 1 spiro atoms. The van der Waals surface area contributed by atoms with E-state index < -0.39 is 0 Å². The highest BCUT2D eigenvalue weighted by Crippen LogP contribution is 2.41. The fourth-order valence-electron chi connectivity index (χ4n) is 4.90. The van der Waals surface area contributed by atoms with Crippen molar-refractivity contribution in [2.24, 2.45) is 11.3 Å². The van der Waals surface area contributed by atoms with Gasteiger partial charge < -0.3 is 14.6 Å². The van der Waals surface area contributed by atoms with E-state index in [1.54, 1.807) is 18.3 Å². The Morgan fingerprint density at radius 3 is 2.41 bits per heavy atom. The van der Waals surface area contributed by atoms with Crippen molar-refractivity contribution in [3.8, 4) is 5.75 Å². The zero-order valence-corrected chi connectivity index (χ0v) is 19.3. The van der Waals surface area contributed by atoms with Crippen LogP contribution in [0.1, 0.15) is 55.5 Å². The predicted molar refractivity (Wildman–Crippen MR) is 126 cm³/mol. The predicted octanol–water partition coefficient (Wildman–Crippen LogP) is 3.93. The molecule has 1 N–H and O–H groups in total. The number of rotatable bonds is 6. The Morgan fingerprint density at radius 1 is 1.03 bits per heavy atom. The van der Waals surface area contributed by atoms with Crippen molar-refractivity contribution in [1.82, 2.24) is 14.8 Å². The third-order valence-electron chi connectivity index (χ3n) is 7.02. The van der Waals surface area contributed by atoms with Gasteiger partial charge in [0.2, 0.25) is 0 Å². The number of H-pyrrole nitrogens is 1. The molecule has 4 rings (SSSR count). The summed E-state index contributed by atoms with van der Waals surface area (Å²) in [6.45, 7) is 9.62. The van der Waals surface area contributed by atoms with Gasteiger partial charge in [-0.2, -0.15) is 0 Å². The molecular formula is C26H35N3O3. The molecule has 2 aliphatic rings. The van der Waals surface area contributed by atoms with Crippen LogP contribution in [0.3, 0.4) is 0 Å². The Labute approximate surface area is 190 Å². The number of carbonyl (C=O) groups is 1. The fraction of sp³-hybridized carbons (Fsp3) is 0.538. The van der Waals surface area contributed by atoms with Crippen LogP contribution in [0.5, 0.6) is 5.75 Å². The Kier molecular flexibility index (Phi) is 6.99. The van der Waals surface area contributed by atoms with Crippen LogP contribution in [0.25, 0.3) is 0 Å². The molecule has 6 heteroatoms. The summed E-state index contributed by atoms with van der Waals surface area (Å²) in [5, 5.41) is 0. The first-order chi connectivity index (χ1) is 15.5. The lowest BCUT2D eigenvalue weighted by molar-refractivity contribution is 0.0282. The molecule has 3 heterocycles. The molecule has 0 bridgehead atoms. The summed E-state index contributed by atoms with van der Waals surface area (Å²) in [5.41, 5.74) is 1.53. The molecule has 172 valence electrons. The second-order valence-electron chi connectivity index (χ2n) is 9.79. The molecule has 1 amide bonds. The van der Waals surface area contributed by atoms with E-state index >= 15 is 0 Å². The molecule has 2 aromatic rings. The lowest BCUT2D eigenvalue weighted by Crippen LogP contribution is -2.48. The van der Waals surface area contributed by atoms with Crippen molar-refractivity contribution >= 4 is 5.91 Å². The molecule has 2 fully saturated rings. The van der Waals surface area contributed by atoms with E-state index in [0.29, 0.717) is 11.3 Å². The van der Waals surface area contributed by atoms with Gasteiger partial charge in [-0.25, -0.2) is 0 Å². The number of aromatic amines is 1. The number of piperidine rings is 2. The van der Waals surface area contributed by atoms with Gasteiger partial charge in [-0.05, 0) is 68.3 Å². The number of nitrogens with zero attached hydrogens (tertiary/aromatic N) is 2. The number of amides is 1. The number of carbonyl (C=O) groups excluding carboxylic acids is 1. The molecule has 1 aromatic heterocycles. The van der Waals surface area contributed by atoms with Crippen LogP contribution in [0.15, 0.2) is 47.4 Å². The van der Waals surface area contributed by atoms with E-state index in [1.807, 2.05) is 11.0 Å². The van der Waals surface area contributed by atoms with Crippen molar-refractivity contribution in [2.45, 2.75) is 46.1 Å². The quantitative estimate of drug-likeness (QED) is 0.744. The average molecular weight is 438 g/mol. The molecule has 6 nitrogen and oxygen atoms in total. The summed E-state index contributed by atoms with van der Waals surface area (Å²) in [6, 6.07) is 11.7. The van der Waals surface area contributed by atoms with Crippen LogP contribution in [0.2, 0.25) is 0 Å². The van der Waals surface area contributed by atoms with Crippen LogP contribution in [-0.4, -0.2) is 53.5 Å². The zero-order chi connectivity index (χ0) is 22.6. The number of hydrogen-bond acceptors (Lipinski definition) is 4. The van der Waals surface area contributed by atoms with Gasteiger partial charge in [-0.1, -0.05) is 32.0 Å². The van der Waals surface area contributed by atoms with Gasteiger partial charge in [0, 0.05) is 31.4 Å². The summed E-state index contributed by atoms with van der Waals surface area (Å²) >= 11 is 0. The van der Waals surface area contributed by atoms with Crippen molar-refractivity contribution < 1.29 is 9.53 Å². The highest BCUT2D eigenvalue weighted by atomic mass is 16.5. The Hall–Kier alpha value is -2.60. The van der Waals surface area contributed by atoms with Crippen LogP contribution in [-0.2, 0) is 6.54 Å². The third-order valence-corrected chi connectivity index (χ3v) is 7.02. The fourth-order valence-corrected chi connectivity index (χ4v) is 4.90. The lowest BCUT2D eigenvalue weighted by atomic mass is 9.71. The maximum Gasteiger partial charge on any atom is 0.260 e. The van der Waals surface area contributed by atoms with Gasteiger partial charge in [0.1, 0.15) is 11.3 Å². The second-order valence-corrected chi connectivity index (χ2v) is 9.79. The Bertz CT molecular complexity index is 966. The van der Waals surface area contributed by atoms with Crippen LogP contribution < -0.4 is 10.3 Å². The minimum atomic E-state index is -0.302. The minimum Gasteiger partial charge on any atom is -0.493 e. The highest BCUT2D eigenvalue weighted by molar-refractivity contribution is 5.93. The SMILES string of the molecule is CC(C)COc1ccccc1CN1CCC2(CC1)CCN(C(=O)c1ccc[nH]c1=O)CC2. The smallest absolute Gasteiger partial charge is 0.260 e. The molecule has 0 saturated carbocycles. The van der Waals surface area contributed by atoms with Gasteiger partial charge >= 0.3 is 0 Å². The zero-order valence-electron chi connectivity index (χ0n) is 19.3. The molecular weight excluding hydrogens is 402 g/mol. The van der Waals surface area contributed by atoms with E-state index in [-0.39, 0.29) is 17.0 Å². The summed E-state index contributed by atoms with van der Waals surface area (Å²) in [7, 11) is 0. The molecule has 2 aliphatic heterocycles. The van der Waals surface area contributed by atoms with Crippen molar-refractivity contribution in [1.29, 1.82) is 0 Å². The normalized spacial score (nSPS) is 18.8.